The summed E-state index contributed by atoms with van der Waals surface area (Å²) in [5.41, 5.74) is 1.48. The van der Waals surface area contributed by atoms with Crippen molar-refractivity contribution >= 4 is 23.1 Å². The quantitative estimate of drug-likeness (QED) is 0.739. The molecule has 0 unspecified atom stereocenters. The molecule has 1 aromatic carbocycles. The average molecular weight is 344 g/mol. The monoisotopic (exact) mass is 344 g/mol. The van der Waals surface area contributed by atoms with E-state index in [4.69, 9.17) is 14.0 Å². The molecule has 124 valence electrons. The van der Waals surface area contributed by atoms with Crippen LogP contribution in [0, 0.1) is 0 Å². The lowest BCUT2D eigenvalue weighted by molar-refractivity contribution is -0.115. The molecule has 3 aromatic rings. The lowest BCUT2D eigenvalue weighted by Crippen LogP contribution is -2.14. The molecule has 1 N–H and O–H groups in total. The van der Waals surface area contributed by atoms with E-state index in [1.807, 2.05) is 17.5 Å². The highest BCUT2D eigenvalue weighted by Gasteiger charge is 2.12. The van der Waals surface area contributed by atoms with Gasteiger partial charge in [-0.15, -0.1) is 11.3 Å². The number of methoxy groups -OCH3 is 2. The van der Waals surface area contributed by atoms with Crippen LogP contribution in [0.2, 0.25) is 0 Å². The fourth-order valence-corrected chi connectivity index (χ4v) is 2.89. The maximum absolute atomic E-state index is 12.2. The van der Waals surface area contributed by atoms with E-state index in [1.54, 1.807) is 49.8 Å². The van der Waals surface area contributed by atoms with Crippen LogP contribution in [0.5, 0.6) is 11.5 Å². The molecule has 0 aliphatic carbocycles. The molecule has 0 saturated heterocycles. The first-order valence-corrected chi connectivity index (χ1v) is 8.08. The molecule has 0 fully saturated rings. The molecule has 1 amide bonds. The molecule has 6 nitrogen and oxygen atoms in total. The van der Waals surface area contributed by atoms with E-state index < -0.39 is 0 Å². The summed E-state index contributed by atoms with van der Waals surface area (Å²) in [6.45, 7) is 0. The molecule has 2 heterocycles. The number of carbonyl (C=O) groups excluding carboxylic acids is 1. The third-order valence-corrected chi connectivity index (χ3v) is 4.21. The molecule has 0 saturated carbocycles. The zero-order chi connectivity index (χ0) is 16.9. The number of nitrogens with one attached hydrogen (secondary N) is 1. The summed E-state index contributed by atoms with van der Waals surface area (Å²) in [5.74, 6) is 1.38. The first kappa shape index (κ1) is 16.1. The van der Waals surface area contributed by atoms with Crippen LogP contribution in [0.4, 0.5) is 5.88 Å². The number of nitrogens with zero attached hydrogens (tertiary/aromatic N) is 1. The Morgan fingerprint density at radius 2 is 1.96 bits per heavy atom. The van der Waals surface area contributed by atoms with Crippen LogP contribution in [-0.4, -0.2) is 25.3 Å². The van der Waals surface area contributed by atoms with Gasteiger partial charge in [0.1, 0.15) is 17.2 Å². The van der Waals surface area contributed by atoms with Crippen LogP contribution in [0.25, 0.3) is 10.6 Å². The van der Waals surface area contributed by atoms with Crippen molar-refractivity contribution in [3.8, 4) is 22.1 Å². The van der Waals surface area contributed by atoms with E-state index in [2.05, 4.69) is 10.5 Å². The van der Waals surface area contributed by atoms with Gasteiger partial charge in [0.05, 0.1) is 25.5 Å². The van der Waals surface area contributed by atoms with Crippen molar-refractivity contribution < 1.29 is 18.8 Å². The summed E-state index contributed by atoms with van der Waals surface area (Å²) in [6, 6.07) is 10.9. The Kier molecular flexibility index (Phi) is 4.81. The van der Waals surface area contributed by atoms with Crippen molar-refractivity contribution in [3.05, 3.63) is 47.3 Å². The fraction of sp³-hybridized carbons (Fsp3) is 0.176. The van der Waals surface area contributed by atoms with Crippen molar-refractivity contribution in [3.63, 3.8) is 0 Å². The van der Waals surface area contributed by atoms with Crippen LogP contribution < -0.4 is 14.8 Å². The van der Waals surface area contributed by atoms with E-state index in [1.165, 1.54) is 0 Å². The molecule has 0 spiro atoms. The van der Waals surface area contributed by atoms with Crippen molar-refractivity contribution in [2.45, 2.75) is 6.42 Å². The third kappa shape index (κ3) is 3.75. The normalized spacial score (nSPS) is 10.4. The number of anilines is 1. The van der Waals surface area contributed by atoms with E-state index >= 15 is 0 Å². The molecule has 0 radical (unpaired) electrons. The van der Waals surface area contributed by atoms with Crippen LogP contribution in [0.3, 0.4) is 0 Å². The van der Waals surface area contributed by atoms with E-state index in [0.29, 0.717) is 23.1 Å². The largest absolute Gasteiger partial charge is 0.497 e. The van der Waals surface area contributed by atoms with E-state index in [-0.39, 0.29) is 12.3 Å². The maximum atomic E-state index is 12.2. The minimum atomic E-state index is -0.209. The zero-order valence-corrected chi connectivity index (χ0v) is 14.1. The summed E-state index contributed by atoms with van der Waals surface area (Å²) in [5, 5.41) is 8.61. The molecule has 2 aromatic heterocycles. The standard InChI is InChI=1S/C17H16N2O4S/c1-21-12-6-11(7-13(9-12)22-2)8-16(20)18-17-10-14(19-23-17)15-4-3-5-24-15/h3-7,9-10H,8H2,1-2H3,(H,18,20). The topological polar surface area (TPSA) is 73.6 Å². The van der Waals surface area contributed by atoms with Crippen LogP contribution >= 0.6 is 11.3 Å². The Labute approximate surface area is 143 Å². The number of aromatic nitrogens is 1. The Morgan fingerprint density at radius 1 is 1.21 bits per heavy atom. The van der Waals surface area contributed by atoms with Gasteiger partial charge in [-0.2, -0.15) is 0 Å². The molecule has 0 aliphatic heterocycles. The van der Waals surface area contributed by atoms with Crippen LogP contribution in [-0.2, 0) is 11.2 Å². The number of hydrogen-bond donors (Lipinski definition) is 1. The third-order valence-electron chi connectivity index (χ3n) is 3.32. The van der Waals surface area contributed by atoms with E-state index in [0.717, 1.165) is 10.4 Å². The second-order valence-electron chi connectivity index (χ2n) is 5.00. The minimum Gasteiger partial charge on any atom is -0.497 e. The first-order valence-electron chi connectivity index (χ1n) is 7.20. The lowest BCUT2D eigenvalue weighted by Gasteiger charge is -2.08. The number of thiophene rings is 1. The second-order valence-corrected chi connectivity index (χ2v) is 5.95. The van der Waals surface area contributed by atoms with Gasteiger partial charge in [0.2, 0.25) is 11.8 Å². The SMILES string of the molecule is COc1cc(CC(=O)Nc2cc(-c3cccs3)no2)cc(OC)c1. The molecule has 0 bridgehead atoms. The first-order chi connectivity index (χ1) is 11.7. The summed E-state index contributed by atoms with van der Waals surface area (Å²) in [4.78, 5) is 13.2. The molecule has 0 aliphatic rings. The smallest absolute Gasteiger partial charge is 0.231 e. The van der Waals surface area contributed by atoms with Crippen LogP contribution in [0.15, 0.2) is 46.3 Å². The summed E-state index contributed by atoms with van der Waals surface area (Å²) >= 11 is 1.56. The van der Waals surface area contributed by atoms with Crippen molar-refractivity contribution in [1.29, 1.82) is 0 Å². The average Bonchev–Trinajstić information content (AvgIpc) is 3.25. The molecule has 0 atom stereocenters. The summed E-state index contributed by atoms with van der Waals surface area (Å²) < 4.78 is 15.6. The van der Waals surface area contributed by atoms with Gasteiger partial charge in [0.15, 0.2) is 0 Å². The van der Waals surface area contributed by atoms with Gasteiger partial charge in [-0.05, 0) is 29.1 Å². The van der Waals surface area contributed by atoms with Crippen molar-refractivity contribution in [2.24, 2.45) is 0 Å². The van der Waals surface area contributed by atoms with Crippen LogP contribution in [0.1, 0.15) is 5.56 Å². The summed E-state index contributed by atoms with van der Waals surface area (Å²) in [6.07, 6.45) is 0.169. The Bertz CT molecular complexity index is 805. The highest BCUT2D eigenvalue weighted by atomic mass is 32.1. The fourth-order valence-electron chi connectivity index (χ4n) is 2.21. The number of carbonyl (C=O) groups is 1. The van der Waals surface area contributed by atoms with E-state index in [9.17, 15) is 4.79 Å². The van der Waals surface area contributed by atoms with Gasteiger partial charge in [-0.1, -0.05) is 11.2 Å². The van der Waals surface area contributed by atoms with Gasteiger partial charge in [-0.3, -0.25) is 10.1 Å². The lowest BCUT2D eigenvalue weighted by atomic mass is 10.1. The Hall–Kier alpha value is -2.80. The van der Waals surface area contributed by atoms with Gasteiger partial charge < -0.3 is 14.0 Å². The van der Waals surface area contributed by atoms with Gasteiger partial charge in [0, 0.05) is 12.1 Å². The molecular weight excluding hydrogens is 328 g/mol. The maximum Gasteiger partial charge on any atom is 0.231 e. The van der Waals surface area contributed by atoms with Crippen molar-refractivity contribution in [1.82, 2.24) is 5.16 Å². The Morgan fingerprint density at radius 3 is 2.58 bits per heavy atom. The highest BCUT2D eigenvalue weighted by molar-refractivity contribution is 7.13. The number of rotatable bonds is 6. The second kappa shape index (κ2) is 7.18. The molecule has 24 heavy (non-hydrogen) atoms. The minimum absolute atomic E-state index is 0.169. The predicted molar refractivity (Wildman–Crippen MR) is 91.7 cm³/mol. The molecule has 3 rings (SSSR count). The molecular formula is C17H16N2O4S. The van der Waals surface area contributed by atoms with Crippen molar-refractivity contribution in [2.75, 3.05) is 19.5 Å². The van der Waals surface area contributed by atoms with Gasteiger partial charge in [0.25, 0.3) is 0 Å². The highest BCUT2D eigenvalue weighted by Crippen LogP contribution is 2.26. The number of hydrogen-bond acceptors (Lipinski definition) is 6. The summed E-state index contributed by atoms with van der Waals surface area (Å²) in [7, 11) is 3.14. The predicted octanol–water partition coefficient (Wildman–Crippen LogP) is 3.60. The van der Waals surface area contributed by atoms with Gasteiger partial charge >= 0.3 is 0 Å². The number of ether oxygens (including phenoxy) is 2. The Balaban J connectivity index is 1.68. The zero-order valence-electron chi connectivity index (χ0n) is 13.2. The number of amides is 1. The van der Waals surface area contributed by atoms with Gasteiger partial charge in [-0.25, -0.2) is 0 Å². The molecule has 7 heteroatoms. The number of benzene rings is 1.